The summed E-state index contributed by atoms with van der Waals surface area (Å²) in [6, 6.07) is 16.6. The fraction of sp³-hybridized carbons (Fsp3) is 0.417. The molecule has 2 saturated heterocycles. The zero-order valence-corrected chi connectivity index (χ0v) is 18.0. The fourth-order valence-corrected chi connectivity index (χ4v) is 5.15. The normalized spacial score (nSPS) is 20.5. The molecule has 0 bridgehead atoms. The van der Waals surface area contributed by atoms with Crippen LogP contribution in [0.2, 0.25) is 0 Å². The number of rotatable bonds is 5. The Bertz CT molecular complexity index is 868. The lowest BCUT2D eigenvalue weighted by Crippen LogP contribution is -2.50. The number of carbonyl (C=O) groups excluding carboxylic acids is 2. The molecule has 2 aromatic carbocycles. The van der Waals surface area contributed by atoms with Gasteiger partial charge in [-0.1, -0.05) is 48.5 Å². The molecule has 30 heavy (non-hydrogen) atoms. The molecule has 2 fully saturated rings. The molecule has 1 atom stereocenters. The maximum atomic E-state index is 13.7. The predicted molar refractivity (Wildman–Crippen MR) is 120 cm³/mol. The topological polar surface area (TPSA) is 49.9 Å². The Morgan fingerprint density at radius 2 is 1.63 bits per heavy atom. The third-order valence-corrected chi connectivity index (χ3v) is 6.91. The monoisotopic (exact) mass is 424 g/mol. The number of ether oxygens (including phenoxy) is 1. The number of hydrogen-bond donors (Lipinski definition) is 0. The van der Waals surface area contributed by atoms with Crippen molar-refractivity contribution in [3.63, 3.8) is 0 Å². The molecular weight excluding hydrogens is 396 g/mol. The highest BCUT2D eigenvalue weighted by Gasteiger charge is 2.30. The first kappa shape index (κ1) is 21.1. The summed E-state index contributed by atoms with van der Waals surface area (Å²) >= 11 is 1.92. The number of morpholine rings is 1. The van der Waals surface area contributed by atoms with Gasteiger partial charge >= 0.3 is 0 Å². The van der Waals surface area contributed by atoms with Crippen LogP contribution in [-0.2, 0) is 4.74 Å². The summed E-state index contributed by atoms with van der Waals surface area (Å²) in [6.07, 6.45) is 0.977. The van der Waals surface area contributed by atoms with Crippen molar-refractivity contribution < 1.29 is 14.3 Å². The number of ketones is 1. The highest BCUT2D eigenvalue weighted by molar-refractivity contribution is 7.99. The van der Waals surface area contributed by atoms with Crippen molar-refractivity contribution in [3.05, 3.63) is 71.3 Å². The zero-order chi connectivity index (χ0) is 20.8. The molecule has 2 aliphatic rings. The van der Waals surface area contributed by atoms with Gasteiger partial charge < -0.3 is 9.64 Å². The Kier molecular flexibility index (Phi) is 7.20. The van der Waals surface area contributed by atoms with Crippen molar-refractivity contribution in [1.82, 2.24) is 9.80 Å². The SMILES string of the molecule is O=C(c1ccccc1)c1ccccc1C(=O)N1CCCSCC1CN1CCOCC1. The third-order valence-electron chi connectivity index (χ3n) is 5.71. The van der Waals surface area contributed by atoms with E-state index in [2.05, 4.69) is 4.90 Å². The quantitative estimate of drug-likeness (QED) is 0.690. The molecule has 0 radical (unpaired) electrons. The first-order chi connectivity index (χ1) is 14.7. The van der Waals surface area contributed by atoms with Gasteiger partial charge in [-0.25, -0.2) is 0 Å². The summed E-state index contributed by atoms with van der Waals surface area (Å²) in [7, 11) is 0. The molecule has 4 rings (SSSR count). The lowest BCUT2D eigenvalue weighted by Gasteiger charge is -2.36. The number of amides is 1. The maximum absolute atomic E-state index is 13.7. The molecule has 2 heterocycles. The second-order valence-corrected chi connectivity index (χ2v) is 8.88. The Labute approximate surface area is 182 Å². The van der Waals surface area contributed by atoms with Crippen LogP contribution in [0.15, 0.2) is 54.6 Å². The highest BCUT2D eigenvalue weighted by Crippen LogP contribution is 2.23. The molecule has 0 aliphatic carbocycles. The summed E-state index contributed by atoms with van der Waals surface area (Å²) in [6.45, 7) is 4.91. The molecule has 0 N–H and O–H groups in total. The molecule has 0 spiro atoms. The van der Waals surface area contributed by atoms with Crippen LogP contribution in [0.1, 0.15) is 32.7 Å². The first-order valence-electron chi connectivity index (χ1n) is 10.6. The van der Waals surface area contributed by atoms with Crippen LogP contribution in [0.4, 0.5) is 0 Å². The van der Waals surface area contributed by atoms with Gasteiger partial charge in [0.05, 0.1) is 24.8 Å². The molecule has 0 aromatic heterocycles. The smallest absolute Gasteiger partial charge is 0.254 e. The fourth-order valence-electron chi connectivity index (χ4n) is 4.10. The summed E-state index contributed by atoms with van der Waals surface area (Å²) in [5, 5.41) is 0. The largest absolute Gasteiger partial charge is 0.379 e. The van der Waals surface area contributed by atoms with Crippen molar-refractivity contribution in [3.8, 4) is 0 Å². The molecular formula is C24H28N2O3S. The van der Waals surface area contributed by atoms with Crippen molar-refractivity contribution in [2.75, 3.05) is 50.9 Å². The van der Waals surface area contributed by atoms with Crippen LogP contribution in [0.3, 0.4) is 0 Å². The predicted octanol–water partition coefficient (Wildman–Crippen LogP) is 3.20. The minimum atomic E-state index is -0.103. The molecule has 2 aromatic rings. The van der Waals surface area contributed by atoms with E-state index >= 15 is 0 Å². The van der Waals surface area contributed by atoms with Gasteiger partial charge in [-0.2, -0.15) is 11.8 Å². The molecule has 5 nitrogen and oxygen atoms in total. The van der Waals surface area contributed by atoms with E-state index in [1.807, 2.05) is 47.0 Å². The van der Waals surface area contributed by atoms with Gasteiger partial charge in [0.15, 0.2) is 5.78 Å². The minimum absolute atomic E-state index is 0.0318. The van der Waals surface area contributed by atoms with E-state index in [1.54, 1.807) is 24.3 Å². The summed E-state index contributed by atoms with van der Waals surface area (Å²) in [4.78, 5) is 31.2. The van der Waals surface area contributed by atoms with E-state index in [0.717, 1.165) is 57.3 Å². The summed E-state index contributed by atoms with van der Waals surface area (Å²) < 4.78 is 5.48. The lowest BCUT2D eigenvalue weighted by atomic mass is 9.97. The first-order valence-corrected chi connectivity index (χ1v) is 11.8. The number of hydrogen-bond acceptors (Lipinski definition) is 5. The van der Waals surface area contributed by atoms with E-state index < -0.39 is 0 Å². The molecule has 1 unspecified atom stereocenters. The van der Waals surface area contributed by atoms with Crippen molar-refractivity contribution >= 4 is 23.5 Å². The third kappa shape index (κ3) is 4.94. The van der Waals surface area contributed by atoms with Crippen LogP contribution in [0.5, 0.6) is 0 Å². The van der Waals surface area contributed by atoms with Crippen LogP contribution in [0.25, 0.3) is 0 Å². The van der Waals surface area contributed by atoms with Crippen molar-refractivity contribution in [2.24, 2.45) is 0 Å². The molecule has 158 valence electrons. The van der Waals surface area contributed by atoms with Gasteiger partial charge in [0.2, 0.25) is 0 Å². The number of benzene rings is 2. The molecule has 2 aliphatic heterocycles. The van der Waals surface area contributed by atoms with Crippen molar-refractivity contribution in [1.29, 1.82) is 0 Å². The number of thioether (sulfide) groups is 1. The van der Waals surface area contributed by atoms with E-state index in [4.69, 9.17) is 4.74 Å². The standard InChI is InChI=1S/C24H28N2O3S/c27-23(19-7-2-1-3-8-19)21-9-4-5-10-22(21)24(28)26-11-6-16-30-18-20(26)17-25-12-14-29-15-13-25/h1-5,7-10,20H,6,11-18H2. The van der Waals surface area contributed by atoms with Crippen LogP contribution in [0, 0.1) is 0 Å². The van der Waals surface area contributed by atoms with Gasteiger partial charge in [0, 0.05) is 43.1 Å². The average Bonchev–Trinajstić information content (AvgIpc) is 3.05. The highest BCUT2D eigenvalue weighted by atomic mass is 32.2. The van der Waals surface area contributed by atoms with Gasteiger partial charge in [0.25, 0.3) is 5.91 Å². The van der Waals surface area contributed by atoms with E-state index in [0.29, 0.717) is 16.7 Å². The lowest BCUT2D eigenvalue weighted by molar-refractivity contribution is 0.0244. The van der Waals surface area contributed by atoms with Gasteiger partial charge in [0.1, 0.15) is 0 Å². The van der Waals surface area contributed by atoms with Crippen molar-refractivity contribution in [2.45, 2.75) is 12.5 Å². The second kappa shape index (κ2) is 10.2. The summed E-state index contributed by atoms with van der Waals surface area (Å²) in [5.74, 6) is 1.86. The second-order valence-electron chi connectivity index (χ2n) is 7.73. The number of carbonyl (C=O) groups is 2. The van der Waals surface area contributed by atoms with Gasteiger partial charge in [-0.05, 0) is 18.2 Å². The van der Waals surface area contributed by atoms with E-state index in [-0.39, 0.29) is 17.7 Å². The molecule has 6 heteroatoms. The van der Waals surface area contributed by atoms with Gasteiger partial charge in [-0.3, -0.25) is 14.5 Å². The Morgan fingerprint density at radius 1 is 0.933 bits per heavy atom. The average molecular weight is 425 g/mol. The molecule has 1 amide bonds. The Morgan fingerprint density at radius 3 is 2.40 bits per heavy atom. The molecule has 0 saturated carbocycles. The van der Waals surface area contributed by atoms with E-state index in [9.17, 15) is 9.59 Å². The summed E-state index contributed by atoms with van der Waals surface area (Å²) in [5.41, 5.74) is 1.59. The van der Waals surface area contributed by atoms with Crippen LogP contribution >= 0.6 is 11.8 Å². The van der Waals surface area contributed by atoms with Gasteiger partial charge in [-0.15, -0.1) is 0 Å². The van der Waals surface area contributed by atoms with Crippen LogP contribution < -0.4 is 0 Å². The minimum Gasteiger partial charge on any atom is -0.379 e. The van der Waals surface area contributed by atoms with Crippen LogP contribution in [-0.4, -0.2) is 78.4 Å². The van der Waals surface area contributed by atoms with E-state index in [1.165, 1.54) is 0 Å². The zero-order valence-electron chi connectivity index (χ0n) is 17.2. The number of nitrogens with zero attached hydrogens (tertiary/aromatic N) is 2. The Balaban J connectivity index is 1.59. The Hall–Kier alpha value is -2.15. The maximum Gasteiger partial charge on any atom is 0.254 e.